The van der Waals surface area contributed by atoms with E-state index < -0.39 is 0 Å². The largest absolute Gasteiger partial charge is 0.316 e. The normalized spacial score (nSPS) is 23.2. The molecule has 1 heterocycles. The molecule has 1 aliphatic carbocycles. The van der Waals surface area contributed by atoms with Gasteiger partial charge in [0.2, 0.25) is 0 Å². The van der Waals surface area contributed by atoms with Gasteiger partial charge < -0.3 is 5.32 Å². The molecule has 0 unspecified atom stereocenters. The molecule has 1 saturated heterocycles. The summed E-state index contributed by atoms with van der Waals surface area (Å²) < 4.78 is 0. The Hall–Kier alpha value is -0.0400. The maximum atomic E-state index is 3.55. The van der Waals surface area contributed by atoms with E-state index in [1.54, 1.807) is 0 Å². The smallest absolute Gasteiger partial charge is 0.00229 e. The van der Waals surface area contributed by atoms with Crippen LogP contribution in [0.4, 0.5) is 0 Å². The first kappa shape index (κ1) is 14.4. The van der Waals surface area contributed by atoms with Gasteiger partial charge in [0.1, 0.15) is 0 Å². The van der Waals surface area contributed by atoms with Crippen molar-refractivity contribution >= 4 is 0 Å². The molecular weight excluding hydrogens is 218 g/mol. The third-order valence-corrected chi connectivity index (χ3v) is 5.45. The molecule has 0 radical (unpaired) electrons. The van der Waals surface area contributed by atoms with Crippen LogP contribution >= 0.6 is 0 Å². The monoisotopic (exact) mass is 251 g/mol. The van der Waals surface area contributed by atoms with Crippen molar-refractivity contribution in [3.63, 3.8) is 0 Å². The Labute approximate surface area is 114 Å². The van der Waals surface area contributed by atoms with Gasteiger partial charge in [0, 0.05) is 13.1 Å². The van der Waals surface area contributed by atoms with Crippen molar-refractivity contribution in [1.29, 1.82) is 0 Å². The lowest BCUT2D eigenvalue weighted by Crippen LogP contribution is -2.57. The predicted molar refractivity (Wildman–Crippen MR) is 79.9 cm³/mol. The fourth-order valence-electron chi connectivity index (χ4n) is 4.09. The summed E-state index contributed by atoms with van der Waals surface area (Å²) in [6, 6.07) is 0. The summed E-state index contributed by atoms with van der Waals surface area (Å²) in [5.74, 6) is 1.07. The molecule has 1 aliphatic heterocycles. The summed E-state index contributed by atoms with van der Waals surface area (Å²) in [5.41, 5.74) is 0.736. The Balaban J connectivity index is 1.56. The second-order valence-electron chi connectivity index (χ2n) is 6.82. The van der Waals surface area contributed by atoms with Crippen molar-refractivity contribution in [3.05, 3.63) is 0 Å². The molecule has 0 bridgehead atoms. The first-order valence-electron chi connectivity index (χ1n) is 8.58. The Kier molecular flexibility index (Phi) is 6.01. The maximum absolute atomic E-state index is 3.55. The van der Waals surface area contributed by atoms with Crippen LogP contribution < -0.4 is 5.32 Å². The van der Waals surface area contributed by atoms with E-state index in [1.165, 1.54) is 90.1 Å². The number of unbranched alkanes of at least 4 members (excludes halogenated alkanes) is 6. The van der Waals surface area contributed by atoms with Crippen LogP contribution in [0.1, 0.15) is 84.0 Å². The van der Waals surface area contributed by atoms with E-state index in [9.17, 15) is 0 Å². The average Bonchev–Trinajstić information content (AvgIpc) is 2.84. The van der Waals surface area contributed by atoms with Crippen LogP contribution in [0.5, 0.6) is 0 Å². The zero-order valence-corrected chi connectivity index (χ0v) is 12.5. The van der Waals surface area contributed by atoms with Crippen LogP contribution in [0.3, 0.4) is 0 Å². The van der Waals surface area contributed by atoms with Gasteiger partial charge >= 0.3 is 0 Å². The van der Waals surface area contributed by atoms with Crippen molar-refractivity contribution in [2.75, 3.05) is 13.1 Å². The minimum Gasteiger partial charge on any atom is -0.316 e. The average molecular weight is 251 g/mol. The van der Waals surface area contributed by atoms with Gasteiger partial charge in [-0.3, -0.25) is 0 Å². The zero-order chi connectivity index (χ0) is 12.7. The van der Waals surface area contributed by atoms with E-state index in [1.807, 2.05) is 0 Å². The molecule has 1 N–H and O–H groups in total. The molecule has 2 aliphatic rings. The number of hydrogen-bond acceptors (Lipinski definition) is 1. The summed E-state index contributed by atoms with van der Waals surface area (Å²) in [6.45, 7) is 4.95. The third-order valence-electron chi connectivity index (χ3n) is 5.45. The van der Waals surface area contributed by atoms with Crippen molar-refractivity contribution in [2.24, 2.45) is 11.3 Å². The molecule has 0 aromatic rings. The number of rotatable bonds is 9. The van der Waals surface area contributed by atoms with Gasteiger partial charge in [-0.05, 0) is 30.6 Å². The summed E-state index contributed by atoms with van der Waals surface area (Å²) in [6.07, 6.45) is 17.8. The second-order valence-corrected chi connectivity index (χ2v) is 6.82. The maximum Gasteiger partial charge on any atom is 0.00229 e. The topological polar surface area (TPSA) is 12.0 Å². The molecule has 2 fully saturated rings. The van der Waals surface area contributed by atoms with E-state index in [0.717, 1.165) is 11.3 Å². The van der Waals surface area contributed by atoms with E-state index in [0.29, 0.717) is 0 Å². The van der Waals surface area contributed by atoms with Crippen molar-refractivity contribution < 1.29 is 0 Å². The van der Waals surface area contributed by atoms with E-state index >= 15 is 0 Å². The minimum absolute atomic E-state index is 0.736. The van der Waals surface area contributed by atoms with E-state index in [2.05, 4.69) is 12.2 Å². The standard InChI is InChI=1S/C17H33N/c1-2-3-4-5-6-7-10-13-17(14-18-15-17)16-11-8-9-12-16/h16,18H,2-15H2,1H3. The van der Waals surface area contributed by atoms with Gasteiger partial charge in [0.05, 0.1) is 0 Å². The summed E-state index contributed by atoms with van der Waals surface area (Å²) in [7, 11) is 0. The highest BCUT2D eigenvalue weighted by Gasteiger charge is 2.43. The van der Waals surface area contributed by atoms with Crippen LogP contribution in [0, 0.1) is 11.3 Å². The summed E-state index contributed by atoms with van der Waals surface area (Å²) in [4.78, 5) is 0. The third kappa shape index (κ3) is 3.73. The Morgan fingerprint density at radius 1 is 0.889 bits per heavy atom. The molecular formula is C17H33N. The summed E-state index contributed by atoms with van der Waals surface area (Å²) >= 11 is 0. The molecule has 1 saturated carbocycles. The Morgan fingerprint density at radius 2 is 1.50 bits per heavy atom. The highest BCUT2D eigenvalue weighted by molar-refractivity contribution is 4.98. The lowest BCUT2D eigenvalue weighted by molar-refractivity contribution is 0.0665. The van der Waals surface area contributed by atoms with Gasteiger partial charge in [-0.2, -0.15) is 0 Å². The van der Waals surface area contributed by atoms with Crippen LogP contribution in [0.2, 0.25) is 0 Å². The van der Waals surface area contributed by atoms with Crippen molar-refractivity contribution in [1.82, 2.24) is 5.32 Å². The molecule has 0 aromatic heterocycles. The molecule has 1 heteroatoms. The van der Waals surface area contributed by atoms with Gasteiger partial charge in [-0.25, -0.2) is 0 Å². The van der Waals surface area contributed by atoms with E-state index in [4.69, 9.17) is 0 Å². The fraction of sp³-hybridized carbons (Fsp3) is 1.00. The molecule has 0 amide bonds. The van der Waals surface area contributed by atoms with Gasteiger partial charge in [-0.15, -0.1) is 0 Å². The minimum atomic E-state index is 0.736. The van der Waals surface area contributed by atoms with Gasteiger partial charge in [-0.1, -0.05) is 64.7 Å². The molecule has 0 atom stereocenters. The highest BCUT2D eigenvalue weighted by atomic mass is 15.0. The molecule has 0 spiro atoms. The molecule has 1 nitrogen and oxygen atoms in total. The molecule has 106 valence electrons. The number of nitrogens with one attached hydrogen (secondary N) is 1. The first-order valence-corrected chi connectivity index (χ1v) is 8.58. The SMILES string of the molecule is CCCCCCCCCC1(C2CCCC2)CNC1. The first-order chi connectivity index (χ1) is 8.87. The van der Waals surface area contributed by atoms with Crippen LogP contribution in [0.25, 0.3) is 0 Å². The Bertz CT molecular complexity index is 214. The summed E-state index contributed by atoms with van der Waals surface area (Å²) in [5, 5.41) is 3.55. The molecule has 2 rings (SSSR count). The van der Waals surface area contributed by atoms with Gasteiger partial charge in [0.15, 0.2) is 0 Å². The second kappa shape index (κ2) is 7.53. The fourth-order valence-corrected chi connectivity index (χ4v) is 4.09. The van der Waals surface area contributed by atoms with Crippen LogP contribution in [-0.4, -0.2) is 13.1 Å². The van der Waals surface area contributed by atoms with Crippen molar-refractivity contribution in [2.45, 2.75) is 84.0 Å². The highest BCUT2D eigenvalue weighted by Crippen LogP contribution is 2.45. The van der Waals surface area contributed by atoms with Crippen LogP contribution in [-0.2, 0) is 0 Å². The molecule has 18 heavy (non-hydrogen) atoms. The number of hydrogen-bond donors (Lipinski definition) is 1. The lowest BCUT2D eigenvalue weighted by atomic mass is 9.66. The lowest BCUT2D eigenvalue weighted by Gasteiger charge is -2.48. The van der Waals surface area contributed by atoms with E-state index in [-0.39, 0.29) is 0 Å². The zero-order valence-electron chi connectivity index (χ0n) is 12.5. The predicted octanol–water partition coefficient (Wildman–Crippen LogP) is 4.91. The van der Waals surface area contributed by atoms with Crippen LogP contribution in [0.15, 0.2) is 0 Å². The van der Waals surface area contributed by atoms with Crippen molar-refractivity contribution in [3.8, 4) is 0 Å². The quantitative estimate of drug-likeness (QED) is 0.574. The molecule has 0 aromatic carbocycles. The Morgan fingerprint density at radius 3 is 2.06 bits per heavy atom. The van der Waals surface area contributed by atoms with Gasteiger partial charge in [0.25, 0.3) is 0 Å².